The number of phenols is 1. The fourth-order valence-electron chi connectivity index (χ4n) is 2.55. The van der Waals surface area contributed by atoms with Gasteiger partial charge in [-0.25, -0.2) is 4.79 Å². The minimum Gasteiger partial charge on any atom is -0.504 e. The highest BCUT2D eigenvalue weighted by atomic mass is 35.5. The van der Waals surface area contributed by atoms with E-state index in [4.69, 9.17) is 16.3 Å². The van der Waals surface area contributed by atoms with Crippen molar-refractivity contribution in [3.05, 3.63) is 22.7 Å². The number of benzene rings is 1. The molecule has 1 aliphatic rings. The number of methoxy groups -OCH3 is 1. The van der Waals surface area contributed by atoms with E-state index in [0.717, 1.165) is 31.2 Å². The molecule has 4 nitrogen and oxygen atoms in total. The van der Waals surface area contributed by atoms with Crippen molar-refractivity contribution in [2.45, 2.75) is 31.2 Å². The van der Waals surface area contributed by atoms with Crippen molar-refractivity contribution in [3.63, 3.8) is 0 Å². The molecule has 0 radical (unpaired) electrons. The third-order valence-electron chi connectivity index (χ3n) is 3.46. The van der Waals surface area contributed by atoms with Crippen LogP contribution in [0.1, 0.15) is 31.2 Å². The lowest BCUT2D eigenvalue weighted by molar-refractivity contribution is 0.369. The molecule has 0 aliphatic heterocycles. The number of hydrogen-bond donors (Lipinski definition) is 1. The fourth-order valence-corrected chi connectivity index (χ4v) is 2.89. The van der Waals surface area contributed by atoms with Gasteiger partial charge in [0.15, 0.2) is 11.5 Å². The largest absolute Gasteiger partial charge is 0.504 e. The standard InChI is InChI=1S/C13H14ClNO3/c1-18-12-6-9(10(14)7-11(12)17)13(15-8-16)4-2-3-5-13/h6-7,17H,2-5H2,1H3. The number of isocyanates is 1. The van der Waals surface area contributed by atoms with Crippen molar-refractivity contribution in [2.24, 2.45) is 4.99 Å². The first-order chi connectivity index (χ1) is 8.63. The normalized spacial score (nSPS) is 17.2. The first kappa shape index (κ1) is 12.9. The molecule has 1 saturated carbocycles. The maximum Gasteiger partial charge on any atom is 0.235 e. The average molecular weight is 268 g/mol. The predicted molar refractivity (Wildman–Crippen MR) is 67.9 cm³/mol. The second-order valence-electron chi connectivity index (χ2n) is 4.45. The molecule has 5 heteroatoms. The molecular formula is C13H14ClNO3. The van der Waals surface area contributed by atoms with E-state index < -0.39 is 5.54 Å². The minimum absolute atomic E-state index is 0.0190. The summed E-state index contributed by atoms with van der Waals surface area (Å²) >= 11 is 6.16. The molecule has 0 bridgehead atoms. The van der Waals surface area contributed by atoms with Crippen LogP contribution in [0.25, 0.3) is 0 Å². The molecule has 1 aromatic rings. The van der Waals surface area contributed by atoms with Crippen LogP contribution in [-0.4, -0.2) is 18.3 Å². The van der Waals surface area contributed by atoms with Gasteiger partial charge in [-0.2, -0.15) is 4.99 Å². The number of aliphatic imine (C=N–C) groups is 1. The number of rotatable bonds is 3. The van der Waals surface area contributed by atoms with Gasteiger partial charge in [0.05, 0.1) is 17.7 Å². The zero-order chi connectivity index (χ0) is 13.2. The quantitative estimate of drug-likeness (QED) is 0.676. The van der Waals surface area contributed by atoms with Gasteiger partial charge in [-0.3, -0.25) is 0 Å². The molecule has 1 aliphatic carbocycles. The molecule has 0 amide bonds. The third-order valence-corrected chi connectivity index (χ3v) is 3.77. The molecule has 0 atom stereocenters. The molecule has 0 heterocycles. The van der Waals surface area contributed by atoms with Crippen molar-refractivity contribution in [1.82, 2.24) is 0 Å². The van der Waals surface area contributed by atoms with Crippen molar-refractivity contribution >= 4 is 17.7 Å². The lowest BCUT2D eigenvalue weighted by Gasteiger charge is -2.24. The van der Waals surface area contributed by atoms with Gasteiger partial charge in [0.2, 0.25) is 6.08 Å². The number of aromatic hydroxyl groups is 1. The van der Waals surface area contributed by atoms with E-state index in [1.807, 2.05) is 0 Å². The summed E-state index contributed by atoms with van der Waals surface area (Å²) in [5.41, 5.74) is 0.111. The molecule has 96 valence electrons. The van der Waals surface area contributed by atoms with Crippen LogP contribution in [0.3, 0.4) is 0 Å². The zero-order valence-corrected chi connectivity index (χ0v) is 10.8. The number of carbonyl (C=O) groups excluding carboxylic acids is 1. The van der Waals surface area contributed by atoms with Gasteiger partial charge < -0.3 is 9.84 Å². The average Bonchev–Trinajstić information content (AvgIpc) is 2.79. The van der Waals surface area contributed by atoms with Gasteiger partial charge in [-0.1, -0.05) is 24.4 Å². The van der Waals surface area contributed by atoms with E-state index in [-0.39, 0.29) is 5.75 Å². The van der Waals surface area contributed by atoms with Gasteiger partial charge in [0, 0.05) is 11.6 Å². The maximum atomic E-state index is 10.7. The predicted octanol–water partition coefficient (Wildman–Crippen LogP) is 3.16. The van der Waals surface area contributed by atoms with Crippen LogP contribution < -0.4 is 4.74 Å². The Hall–Kier alpha value is -1.51. The SMILES string of the molecule is COc1cc(C2(N=C=O)CCCC2)c(Cl)cc1O. The lowest BCUT2D eigenvalue weighted by atomic mass is 9.88. The van der Waals surface area contributed by atoms with E-state index in [1.54, 1.807) is 12.1 Å². The van der Waals surface area contributed by atoms with Crippen LogP contribution >= 0.6 is 11.6 Å². The van der Waals surface area contributed by atoms with E-state index in [2.05, 4.69) is 4.99 Å². The maximum absolute atomic E-state index is 10.7. The summed E-state index contributed by atoms with van der Waals surface area (Å²) in [6, 6.07) is 3.08. The van der Waals surface area contributed by atoms with E-state index in [1.165, 1.54) is 13.2 Å². The summed E-state index contributed by atoms with van der Waals surface area (Å²) in [6.07, 6.45) is 5.14. The number of ether oxygens (including phenoxy) is 1. The minimum atomic E-state index is -0.611. The molecule has 0 spiro atoms. The molecule has 1 aromatic carbocycles. The van der Waals surface area contributed by atoms with Crippen LogP contribution in [0.2, 0.25) is 5.02 Å². The van der Waals surface area contributed by atoms with Gasteiger partial charge >= 0.3 is 0 Å². The summed E-state index contributed by atoms with van der Waals surface area (Å²) in [5.74, 6) is 0.316. The second-order valence-corrected chi connectivity index (χ2v) is 4.85. The Morgan fingerprint density at radius 1 is 1.44 bits per heavy atom. The Morgan fingerprint density at radius 2 is 2.11 bits per heavy atom. The number of nitrogens with zero attached hydrogens (tertiary/aromatic N) is 1. The molecule has 1 fully saturated rings. The fraction of sp³-hybridized carbons (Fsp3) is 0.462. The Labute approximate surface area is 110 Å². The summed E-state index contributed by atoms with van der Waals surface area (Å²) in [7, 11) is 1.47. The van der Waals surface area contributed by atoms with Crippen molar-refractivity contribution in [2.75, 3.05) is 7.11 Å². The van der Waals surface area contributed by atoms with Crippen LogP contribution in [0.15, 0.2) is 17.1 Å². The first-order valence-electron chi connectivity index (χ1n) is 5.79. The topological polar surface area (TPSA) is 58.9 Å². The molecule has 1 N–H and O–H groups in total. The number of halogens is 1. The van der Waals surface area contributed by atoms with Crippen LogP contribution in [0.4, 0.5) is 0 Å². The summed E-state index contributed by atoms with van der Waals surface area (Å²) in [5, 5.41) is 10.1. The van der Waals surface area contributed by atoms with Gasteiger partial charge in [-0.15, -0.1) is 0 Å². The van der Waals surface area contributed by atoms with E-state index in [0.29, 0.717) is 10.8 Å². The van der Waals surface area contributed by atoms with Crippen LogP contribution in [0.5, 0.6) is 11.5 Å². The van der Waals surface area contributed by atoms with Gasteiger partial charge in [0.25, 0.3) is 0 Å². The first-order valence-corrected chi connectivity index (χ1v) is 6.17. The third kappa shape index (κ3) is 2.09. The molecule has 2 rings (SSSR count). The van der Waals surface area contributed by atoms with Gasteiger partial charge in [-0.05, 0) is 18.9 Å². The summed E-state index contributed by atoms with van der Waals surface area (Å²) in [6.45, 7) is 0. The monoisotopic (exact) mass is 267 g/mol. The number of hydrogen-bond acceptors (Lipinski definition) is 4. The van der Waals surface area contributed by atoms with Crippen LogP contribution in [0, 0.1) is 0 Å². The summed E-state index contributed by atoms with van der Waals surface area (Å²) < 4.78 is 5.07. The Kier molecular flexibility index (Phi) is 3.60. The highest BCUT2D eigenvalue weighted by molar-refractivity contribution is 6.31. The Balaban J connectivity index is 2.57. The lowest BCUT2D eigenvalue weighted by Crippen LogP contribution is -2.19. The molecule has 0 aromatic heterocycles. The highest BCUT2D eigenvalue weighted by Crippen LogP contribution is 2.47. The molecule has 0 unspecified atom stereocenters. The molecular weight excluding hydrogens is 254 g/mol. The highest BCUT2D eigenvalue weighted by Gasteiger charge is 2.38. The smallest absolute Gasteiger partial charge is 0.235 e. The number of phenolic OH excluding ortho intramolecular Hbond substituents is 1. The summed E-state index contributed by atoms with van der Waals surface area (Å²) in [4.78, 5) is 14.6. The van der Waals surface area contributed by atoms with E-state index in [9.17, 15) is 9.90 Å². The van der Waals surface area contributed by atoms with E-state index >= 15 is 0 Å². The zero-order valence-electron chi connectivity index (χ0n) is 10.1. The molecule has 0 saturated heterocycles. The molecule has 18 heavy (non-hydrogen) atoms. The van der Waals surface area contributed by atoms with Crippen molar-refractivity contribution < 1.29 is 14.6 Å². The second kappa shape index (κ2) is 5.01. The van der Waals surface area contributed by atoms with Gasteiger partial charge in [0.1, 0.15) is 0 Å². The Morgan fingerprint density at radius 3 is 2.67 bits per heavy atom. The van der Waals surface area contributed by atoms with Crippen molar-refractivity contribution in [3.8, 4) is 11.5 Å². The Bertz CT molecular complexity index is 503. The van der Waals surface area contributed by atoms with Crippen molar-refractivity contribution in [1.29, 1.82) is 0 Å². The van der Waals surface area contributed by atoms with Crippen LogP contribution in [-0.2, 0) is 10.3 Å².